The predicted molar refractivity (Wildman–Crippen MR) is 92.3 cm³/mol. The number of hydrogen-bond acceptors (Lipinski definition) is 4. The summed E-state index contributed by atoms with van der Waals surface area (Å²) in [7, 11) is 1.63. The van der Waals surface area contributed by atoms with Crippen LogP contribution < -0.4 is 9.47 Å². The van der Waals surface area contributed by atoms with Gasteiger partial charge in [0.15, 0.2) is 6.29 Å². The van der Waals surface area contributed by atoms with Crippen LogP contribution in [-0.4, -0.2) is 25.1 Å². The summed E-state index contributed by atoms with van der Waals surface area (Å²) in [6.07, 6.45) is 3.10. The Morgan fingerprint density at radius 3 is 2.38 bits per heavy atom. The van der Waals surface area contributed by atoms with Gasteiger partial charge in [0.2, 0.25) is 0 Å². The molecule has 0 spiro atoms. The molecule has 0 unspecified atom stereocenters. The largest absolute Gasteiger partial charge is 0.497 e. The smallest absolute Gasteiger partial charge is 0.199 e. The molecule has 24 heavy (non-hydrogen) atoms. The van der Waals surface area contributed by atoms with Gasteiger partial charge in [-0.1, -0.05) is 24.3 Å². The minimum atomic E-state index is -0.538. The molecule has 2 aromatic rings. The van der Waals surface area contributed by atoms with E-state index in [9.17, 15) is 5.11 Å². The van der Waals surface area contributed by atoms with Gasteiger partial charge in [-0.25, -0.2) is 0 Å². The van der Waals surface area contributed by atoms with E-state index in [4.69, 9.17) is 14.2 Å². The monoisotopic (exact) mass is 328 g/mol. The third kappa shape index (κ3) is 4.49. The Kier molecular flexibility index (Phi) is 5.72. The minimum Gasteiger partial charge on any atom is -0.497 e. The number of aliphatic hydroxyl groups is 1. The lowest BCUT2D eigenvalue weighted by molar-refractivity contribution is -0.105. The lowest BCUT2D eigenvalue weighted by atomic mass is 10.0. The van der Waals surface area contributed by atoms with Crippen LogP contribution in [-0.2, 0) is 11.2 Å². The molecule has 0 saturated carbocycles. The maximum absolute atomic E-state index is 10.4. The van der Waals surface area contributed by atoms with Gasteiger partial charge in [-0.15, -0.1) is 0 Å². The van der Waals surface area contributed by atoms with Crippen LogP contribution in [0, 0.1) is 0 Å². The van der Waals surface area contributed by atoms with Crippen molar-refractivity contribution in [3.05, 3.63) is 59.7 Å². The summed E-state index contributed by atoms with van der Waals surface area (Å²) in [4.78, 5) is 0. The van der Waals surface area contributed by atoms with Crippen molar-refractivity contribution in [2.45, 2.75) is 38.1 Å². The maximum Gasteiger partial charge on any atom is 0.199 e. The molecule has 0 aliphatic carbocycles. The van der Waals surface area contributed by atoms with Crippen molar-refractivity contribution in [1.82, 2.24) is 0 Å². The zero-order valence-electron chi connectivity index (χ0n) is 14.0. The van der Waals surface area contributed by atoms with Gasteiger partial charge in [0, 0.05) is 12.8 Å². The van der Waals surface area contributed by atoms with Crippen LogP contribution in [0.2, 0.25) is 0 Å². The molecule has 1 fully saturated rings. The van der Waals surface area contributed by atoms with E-state index in [1.807, 2.05) is 48.5 Å². The predicted octanol–water partition coefficient (Wildman–Crippen LogP) is 3.88. The van der Waals surface area contributed by atoms with Crippen LogP contribution in [0.4, 0.5) is 0 Å². The number of ether oxygens (including phenoxy) is 3. The van der Waals surface area contributed by atoms with Gasteiger partial charge in [0.05, 0.1) is 19.8 Å². The van der Waals surface area contributed by atoms with E-state index in [-0.39, 0.29) is 6.29 Å². The number of rotatable bonds is 6. The van der Waals surface area contributed by atoms with Gasteiger partial charge in [0.1, 0.15) is 11.5 Å². The van der Waals surface area contributed by atoms with Gasteiger partial charge >= 0.3 is 0 Å². The molecule has 0 radical (unpaired) electrons. The van der Waals surface area contributed by atoms with E-state index < -0.39 is 6.10 Å². The first-order chi connectivity index (χ1) is 11.7. The van der Waals surface area contributed by atoms with Crippen LogP contribution in [0.3, 0.4) is 0 Å². The highest BCUT2D eigenvalue weighted by atomic mass is 16.7. The third-order valence-corrected chi connectivity index (χ3v) is 4.26. The second-order valence-electron chi connectivity index (χ2n) is 6.05. The second kappa shape index (κ2) is 8.18. The highest BCUT2D eigenvalue weighted by Gasteiger charge is 2.15. The summed E-state index contributed by atoms with van der Waals surface area (Å²) in [5, 5.41) is 10.4. The molecule has 1 aliphatic rings. The molecule has 128 valence electrons. The van der Waals surface area contributed by atoms with E-state index in [1.54, 1.807) is 7.11 Å². The standard InChI is InChI=1S/C20H24O4/c1-22-17-11-7-16(8-12-17)19(21)14-15-5-9-18(10-6-15)24-20-4-2-3-13-23-20/h5-12,19-21H,2-4,13-14H2,1H3/t19-,20-/m0/s1. The van der Waals surface area contributed by atoms with Gasteiger partial charge in [-0.05, 0) is 48.2 Å². The summed E-state index contributed by atoms with van der Waals surface area (Å²) in [5.41, 5.74) is 1.95. The SMILES string of the molecule is COc1ccc([C@@H](O)Cc2ccc(O[C@H]3CCCCO3)cc2)cc1. The summed E-state index contributed by atoms with van der Waals surface area (Å²) in [5.74, 6) is 1.60. The first kappa shape index (κ1) is 16.8. The highest BCUT2D eigenvalue weighted by molar-refractivity contribution is 5.31. The molecule has 3 rings (SSSR count). The average Bonchev–Trinajstić information content (AvgIpc) is 2.64. The fourth-order valence-corrected chi connectivity index (χ4v) is 2.83. The van der Waals surface area contributed by atoms with Crippen molar-refractivity contribution in [1.29, 1.82) is 0 Å². The second-order valence-corrected chi connectivity index (χ2v) is 6.05. The third-order valence-electron chi connectivity index (χ3n) is 4.26. The van der Waals surface area contributed by atoms with E-state index >= 15 is 0 Å². The molecule has 0 bridgehead atoms. The van der Waals surface area contributed by atoms with Crippen molar-refractivity contribution in [2.24, 2.45) is 0 Å². The number of aliphatic hydroxyl groups excluding tert-OH is 1. The molecule has 1 heterocycles. The molecule has 0 aromatic heterocycles. The fraction of sp³-hybridized carbons (Fsp3) is 0.400. The summed E-state index contributed by atoms with van der Waals surface area (Å²) < 4.78 is 16.5. The van der Waals surface area contributed by atoms with E-state index in [0.717, 1.165) is 48.5 Å². The molecule has 1 saturated heterocycles. The first-order valence-corrected chi connectivity index (χ1v) is 8.44. The van der Waals surface area contributed by atoms with Gasteiger partial charge in [-0.2, -0.15) is 0 Å². The fourth-order valence-electron chi connectivity index (χ4n) is 2.83. The van der Waals surface area contributed by atoms with E-state index in [2.05, 4.69) is 0 Å². The van der Waals surface area contributed by atoms with Crippen LogP contribution in [0.1, 0.15) is 36.5 Å². The molecular formula is C20H24O4. The normalized spacial score (nSPS) is 18.8. The van der Waals surface area contributed by atoms with Gasteiger partial charge in [-0.3, -0.25) is 0 Å². The van der Waals surface area contributed by atoms with Crippen molar-refractivity contribution in [3.63, 3.8) is 0 Å². The minimum absolute atomic E-state index is 0.130. The topological polar surface area (TPSA) is 47.9 Å². The molecule has 4 nitrogen and oxygen atoms in total. The number of methoxy groups -OCH3 is 1. The molecule has 1 aliphatic heterocycles. The van der Waals surface area contributed by atoms with Crippen LogP contribution >= 0.6 is 0 Å². The summed E-state index contributed by atoms with van der Waals surface area (Å²) in [6, 6.07) is 15.4. The van der Waals surface area contributed by atoms with Crippen molar-refractivity contribution in [2.75, 3.05) is 13.7 Å². The highest BCUT2D eigenvalue weighted by Crippen LogP contribution is 2.24. The summed E-state index contributed by atoms with van der Waals surface area (Å²) >= 11 is 0. The van der Waals surface area contributed by atoms with Crippen molar-refractivity contribution in [3.8, 4) is 11.5 Å². The van der Waals surface area contributed by atoms with Gasteiger partial charge < -0.3 is 19.3 Å². The Morgan fingerprint density at radius 2 is 1.75 bits per heavy atom. The number of benzene rings is 2. The molecule has 1 N–H and O–H groups in total. The molecule has 2 atom stereocenters. The van der Waals surface area contributed by atoms with Crippen molar-refractivity contribution < 1.29 is 19.3 Å². The molecule has 2 aromatic carbocycles. The Hall–Kier alpha value is -2.04. The Balaban J connectivity index is 1.56. The van der Waals surface area contributed by atoms with Crippen LogP contribution in [0.25, 0.3) is 0 Å². The van der Waals surface area contributed by atoms with Gasteiger partial charge in [0.25, 0.3) is 0 Å². The number of hydrogen-bond donors (Lipinski definition) is 1. The maximum atomic E-state index is 10.4. The summed E-state index contributed by atoms with van der Waals surface area (Å²) in [6.45, 7) is 0.775. The Morgan fingerprint density at radius 1 is 1.04 bits per heavy atom. The molecule has 0 amide bonds. The van der Waals surface area contributed by atoms with Crippen LogP contribution in [0.15, 0.2) is 48.5 Å². The lowest BCUT2D eigenvalue weighted by Gasteiger charge is -2.23. The zero-order chi connectivity index (χ0) is 16.8. The van der Waals surface area contributed by atoms with E-state index in [0.29, 0.717) is 6.42 Å². The first-order valence-electron chi connectivity index (χ1n) is 8.44. The van der Waals surface area contributed by atoms with Crippen LogP contribution in [0.5, 0.6) is 11.5 Å². The zero-order valence-corrected chi connectivity index (χ0v) is 14.0. The molecule has 4 heteroatoms. The van der Waals surface area contributed by atoms with Crippen molar-refractivity contribution >= 4 is 0 Å². The Labute approximate surface area is 143 Å². The quantitative estimate of drug-likeness (QED) is 0.874. The average molecular weight is 328 g/mol. The Bertz CT molecular complexity index is 615. The van der Waals surface area contributed by atoms with E-state index in [1.165, 1.54) is 0 Å². The molecular weight excluding hydrogens is 304 g/mol. The lowest BCUT2D eigenvalue weighted by Crippen LogP contribution is -2.24.